The van der Waals surface area contributed by atoms with Gasteiger partial charge in [0.1, 0.15) is 0 Å². The summed E-state index contributed by atoms with van der Waals surface area (Å²) in [5, 5.41) is -3.22. The molecule has 0 fully saturated rings. The molecular formula is C5H11Cl5O3P2. The van der Waals surface area contributed by atoms with Crippen molar-refractivity contribution < 1.29 is 13.7 Å². The average Bonchev–Trinajstić information content (AvgIpc) is 1.93. The lowest BCUT2D eigenvalue weighted by atomic mass is 10.3. The van der Waals surface area contributed by atoms with Crippen LogP contribution in [0.1, 0.15) is 26.2 Å². The van der Waals surface area contributed by atoms with E-state index in [2.05, 4.69) is 45.2 Å². The van der Waals surface area contributed by atoms with E-state index in [1.54, 1.807) is 0 Å². The quantitative estimate of drug-likeness (QED) is 0.411. The normalized spacial score (nSPS) is 11.9. The maximum atomic E-state index is 10.5. The van der Waals surface area contributed by atoms with E-state index in [9.17, 15) is 9.13 Å². The largest absolute Gasteiger partial charge is 0.380 e. The minimum atomic E-state index is -3.26. The second kappa shape index (κ2) is 9.85. The van der Waals surface area contributed by atoms with Crippen molar-refractivity contribution in [2.45, 2.75) is 26.2 Å². The molecule has 0 aliphatic rings. The van der Waals surface area contributed by atoms with Crippen molar-refractivity contribution in [1.29, 1.82) is 0 Å². The zero-order chi connectivity index (χ0) is 12.5. The highest BCUT2D eigenvalue weighted by atomic mass is 36.0. The Morgan fingerprint density at radius 1 is 1.00 bits per heavy atom. The molecule has 0 saturated carbocycles. The van der Waals surface area contributed by atoms with E-state index in [0.29, 0.717) is 6.61 Å². The van der Waals surface area contributed by atoms with Crippen LogP contribution < -0.4 is 0 Å². The van der Waals surface area contributed by atoms with E-state index >= 15 is 0 Å². The lowest BCUT2D eigenvalue weighted by Gasteiger charge is -2.01. The van der Waals surface area contributed by atoms with Gasteiger partial charge >= 0.3 is 11.3 Å². The van der Waals surface area contributed by atoms with Crippen LogP contribution in [0.4, 0.5) is 0 Å². The summed E-state index contributed by atoms with van der Waals surface area (Å²) in [6, 6.07) is 0. The Kier molecular flexibility index (Phi) is 12.6. The highest BCUT2D eigenvalue weighted by Gasteiger charge is 2.12. The summed E-state index contributed by atoms with van der Waals surface area (Å²) in [4.78, 5) is 0. The summed E-state index contributed by atoms with van der Waals surface area (Å²) in [6.07, 6.45) is -0.256. The van der Waals surface area contributed by atoms with Gasteiger partial charge in [-0.1, -0.05) is 19.8 Å². The van der Waals surface area contributed by atoms with Crippen LogP contribution in [0.5, 0.6) is 0 Å². The minimum absolute atomic E-state index is 0.387. The molecule has 0 rings (SSSR count). The molecule has 3 nitrogen and oxygen atoms in total. The maximum Gasteiger partial charge on any atom is 0.380 e. The number of halogens is 5. The van der Waals surface area contributed by atoms with Crippen LogP contribution >= 0.6 is 67.5 Å². The summed E-state index contributed by atoms with van der Waals surface area (Å²) >= 11 is 24.1. The van der Waals surface area contributed by atoms with E-state index < -0.39 is 11.3 Å². The van der Waals surface area contributed by atoms with Gasteiger partial charge in [0.25, 0.3) is 0 Å². The van der Waals surface area contributed by atoms with Crippen molar-refractivity contribution in [2.75, 3.05) is 6.61 Å². The molecule has 0 radical (unpaired) electrons. The first-order valence-electron chi connectivity index (χ1n) is 3.89. The van der Waals surface area contributed by atoms with Crippen molar-refractivity contribution in [2.24, 2.45) is 0 Å². The molecular weight excluding hydrogens is 347 g/mol. The predicted molar refractivity (Wildman–Crippen MR) is 70.0 cm³/mol. The Labute approximate surface area is 113 Å². The SMILES string of the molecule is CCCCCOP(=O)(Cl)Cl.O=P(Cl)(Cl)Cl. The molecule has 0 aliphatic carbocycles. The van der Waals surface area contributed by atoms with Gasteiger partial charge < -0.3 is 4.52 Å². The molecule has 0 aromatic rings. The summed E-state index contributed by atoms with van der Waals surface area (Å²) in [7, 11) is 0. The van der Waals surface area contributed by atoms with Gasteiger partial charge in [0.15, 0.2) is 0 Å². The first-order chi connectivity index (χ1) is 6.56. The Bertz CT molecular complexity index is 229. The molecule has 0 atom stereocenters. The van der Waals surface area contributed by atoms with Crippen molar-refractivity contribution >= 4 is 67.5 Å². The van der Waals surface area contributed by atoms with E-state index in [4.69, 9.17) is 22.5 Å². The topological polar surface area (TPSA) is 43.4 Å². The minimum Gasteiger partial charge on any atom is -0.306 e. The van der Waals surface area contributed by atoms with Gasteiger partial charge in [-0.3, -0.25) is 9.13 Å². The Morgan fingerprint density at radius 2 is 1.40 bits per heavy atom. The van der Waals surface area contributed by atoms with Gasteiger partial charge in [0.05, 0.1) is 6.61 Å². The first-order valence-corrected chi connectivity index (χ1v) is 11.7. The van der Waals surface area contributed by atoms with Crippen molar-refractivity contribution in [3.63, 3.8) is 0 Å². The maximum absolute atomic E-state index is 10.5. The molecule has 0 aromatic heterocycles. The molecule has 94 valence electrons. The molecule has 10 heteroatoms. The van der Waals surface area contributed by atoms with Crippen LogP contribution in [0.15, 0.2) is 0 Å². The van der Waals surface area contributed by atoms with E-state index in [1.807, 2.05) is 0 Å². The fourth-order valence-corrected chi connectivity index (χ4v) is 1.28. The summed E-state index contributed by atoms with van der Waals surface area (Å²) < 4.78 is 24.6. The van der Waals surface area contributed by atoms with E-state index in [-0.39, 0.29) is 0 Å². The van der Waals surface area contributed by atoms with Crippen LogP contribution in [0, 0.1) is 0 Å². The molecule has 0 saturated heterocycles. The number of hydrogen-bond acceptors (Lipinski definition) is 3. The standard InChI is InChI=1S/C5H11Cl2O2P.Cl3OP/c1-2-3-4-5-9-10(6,7)8;1-5(2,3)4/h2-5H2,1H3;. The molecule has 0 amide bonds. The highest BCUT2D eigenvalue weighted by molar-refractivity contribution is 8.24. The third-order valence-electron chi connectivity index (χ3n) is 0.989. The number of unbranched alkanes of at least 4 members (excludes halogenated alkanes) is 2. The molecule has 0 unspecified atom stereocenters. The molecule has 0 heterocycles. The van der Waals surface area contributed by atoms with Crippen LogP contribution in [-0.4, -0.2) is 6.61 Å². The van der Waals surface area contributed by atoms with Gasteiger partial charge in [0.2, 0.25) is 0 Å². The van der Waals surface area contributed by atoms with Crippen LogP contribution in [0.2, 0.25) is 0 Å². The van der Waals surface area contributed by atoms with Gasteiger partial charge in [-0.05, 0) is 62.6 Å². The summed E-state index contributed by atoms with van der Waals surface area (Å²) in [5.74, 6) is 0. The van der Waals surface area contributed by atoms with E-state index in [0.717, 1.165) is 19.3 Å². The Morgan fingerprint density at radius 3 is 1.67 bits per heavy atom. The van der Waals surface area contributed by atoms with Crippen molar-refractivity contribution in [3.8, 4) is 0 Å². The van der Waals surface area contributed by atoms with Crippen molar-refractivity contribution in [3.05, 3.63) is 0 Å². The Hall–Kier alpha value is 1.87. The second-order valence-corrected chi connectivity index (χ2v) is 13.3. The molecule has 0 aromatic carbocycles. The molecule has 0 bridgehead atoms. The van der Waals surface area contributed by atoms with Gasteiger partial charge in [0, 0.05) is 0 Å². The smallest absolute Gasteiger partial charge is 0.306 e. The Balaban J connectivity index is 0. The van der Waals surface area contributed by atoms with Gasteiger partial charge in [-0.25, -0.2) is 0 Å². The van der Waals surface area contributed by atoms with Crippen LogP contribution in [0.3, 0.4) is 0 Å². The molecule has 0 spiro atoms. The monoisotopic (exact) mass is 356 g/mol. The fourth-order valence-electron chi connectivity index (χ4n) is 0.523. The number of rotatable bonds is 5. The lowest BCUT2D eigenvalue weighted by Crippen LogP contribution is -1.85. The zero-order valence-corrected chi connectivity index (χ0v) is 13.4. The van der Waals surface area contributed by atoms with Crippen LogP contribution in [0.25, 0.3) is 0 Å². The third-order valence-corrected chi connectivity index (χ3v) is 2.06. The summed E-state index contributed by atoms with van der Waals surface area (Å²) in [6.45, 7) is 2.46. The first kappa shape index (κ1) is 19.2. The average molecular weight is 358 g/mol. The zero-order valence-electron chi connectivity index (χ0n) is 7.84. The van der Waals surface area contributed by atoms with Crippen molar-refractivity contribution in [1.82, 2.24) is 0 Å². The predicted octanol–water partition coefficient (Wildman–Crippen LogP) is 6.59. The van der Waals surface area contributed by atoms with Gasteiger partial charge in [-0.15, -0.1) is 0 Å². The molecule has 0 aliphatic heterocycles. The van der Waals surface area contributed by atoms with Crippen LogP contribution in [-0.2, 0) is 13.7 Å². The third kappa shape index (κ3) is 38.8. The summed E-state index contributed by atoms with van der Waals surface area (Å²) in [5.41, 5.74) is 0. The second-order valence-electron chi connectivity index (χ2n) is 2.35. The number of hydrogen-bond donors (Lipinski definition) is 0. The lowest BCUT2D eigenvalue weighted by molar-refractivity contribution is 0.322. The molecule has 0 N–H and O–H groups in total. The van der Waals surface area contributed by atoms with E-state index in [1.165, 1.54) is 0 Å². The fraction of sp³-hybridized carbons (Fsp3) is 1.00. The highest BCUT2D eigenvalue weighted by Crippen LogP contribution is 2.61. The molecule has 15 heavy (non-hydrogen) atoms. The van der Waals surface area contributed by atoms with Gasteiger partial charge in [-0.2, -0.15) is 0 Å².